The van der Waals surface area contributed by atoms with Crippen molar-refractivity contribution in [2.75, 3.05) is 7.11 Å². The van der Waals surface area contributed by atoms with Gasteiger partial charge >= 0.3 is 0 Å². The molecule has 1 aromatic carbocycles. The van der Waals surface area contributed by atoms with E-state index in [0.717, 1.165) is 11.1 Å². The summed E-state index contributed by atoms with van der Waals surface area (Å²) < 4.78 is 13.0. The Morgan fingerprint density at radius 1 is 1.21 bits per heavy atom. The van der Waals surface area contributed by atoms with Crippen LogP contribution in [0.1, 0.15) is 16.7 Å². The summed E-state index contributed by atoms with van der Waals surface area (Å²) in [6, 6.07) is 7.96. The van der Waals surface area contributed by atoms with Gasteiger partial charge in [0.25, 0.3) is 0 Å². The van der Waals surface area contributed by atoms with Gasteiger partial charge in [0.2, 0.25) is 0 Å². The third-order valence-corrected chi connectivity index (χ3v) is 2.24. The van der Waals surface area contributed by atoms with Crippen LogP contribution in [-0.2, 0) is 4.84 Å². The minimum absolute atomic E-state index is 0.300. The molecule has 19 heavy (non-hydrogen) atoms. The molecule has 0 atom stereocenters. The minimum atomic E-state index is -0.300. The van der Waals surface area contributed by atoms with Crippen LogP contribution in [0.5, 0.6) is 0 Å². The smallest absolute Gasteiger partial charge is 0.124 e. The average molecular weight is 254 g/mol. The van der Waals surface area contributed by atoms with Crippen molar-refractivity contribution in [2.45, 2.75) is 0 Å². The Balaban J connectivity index is 2.22. The molecule has 0 N–H and O–H groups in total. The Kier molecular flexibility index (Phi) is 4.25. The molecular formula is C15H11FN2O. The summed E-state index contributed by atoms with van der Waals surface area (Å²) in [7, 11) is 1.47. The van der Waals surface area contributed by atoms with Crippen LogP contribution in [0.4, 0.5) is 4.39 Å². The van der Waals surface area contributed by atoms with Gasteiger partial charge in [-0.3, -0.25) is 4.98 Å². The highest BCUT2D eigenvalue weighted by molar-refractivity contribution is 5.79. The van der Waals surface area contributed by atoms with Gasteiger partial charge in [0.1, 0.15) is 12.9 Å². The first-order valence-corrected chi connectivity index (χ1v) is 5.57. The molecule has 4 heteroatoms. The van der Waals surface area contributed by atoms with E-state index in [9.17, 15) is 4.39 Å². The fourth-order valence-corrected chi connectivity index (χ4v) is 1.42. The van der Waals surface area contributed by atoms with Crippen molar-refractivity contribution in [3.05, 3.63) is 65.2 Å². The standard InChI is InChI=1S/C15H11FN2O/c1-19-18-11-14-7-13(9-17-10-14)6-5-12-3-2-4-15(16)8-12/h2-4,7-11H,1H3. The molecule has 0 amide bonds. The average Bonchev–Trinajstić information content (AvgIpc) is 2.43. The van der Waals surface area contributed by atoms with E-state index in [0.29, 0.717) is 5.56 Å². The maximum absolute atomic E-state index is 13.0. The van der Waals surface area contributed by atoms with E-state index < -0.39 is 0 Å². The molecule has 0 saturated heterocycles. The highest BCUT2D eigenvalue weighted by Crippen LogP contribution is 2.03. The van der Waals surface area contributed by atoms with E-state index >= 15 is 0 Å². The lowest BCUT2D eigenvalue weighted by Gasteiger charge is -1.94. The molecule has 0 aliphatic rings. The normalized spacial score (nSPS) is 10.0. The molecular weight excluding hydrogens is 243 g/mol. The molecule has 2 aromatic rings. The number of hydrogen-bond acceptors (Lipinski definition) is 3. The second kappa shape index (κ2) is 6.31. The summed E-state index contributed by atoms with van der Waals surface area (Å²) >= 11 is 0. The molecule has 0 saturated carbocycles. The number of halogens is 1. The van der Waals surface area contributed by atoms with Gasteiger partial charge in [-0.15, -0.1) is 0 Å². The van der Waals surface area contributed by atoms with E-state index in [1.807, 2.05) is 6.07 Å². The predicted octanol–water partition coefficient (Wildman–Crippen LogP) is 2.60. The van der Waals surface area contributed by atoms with Crippen LogP contribution in [0.15, 0.2) is 47.9 Å². The second-order valence-corrected chi connectivity index (χ2v) is 3.68. The Bertz CT molecular complexity index is 656. The van der Waals surface area contributed by atoms with Gasteiger partial charge in [-0.2, -0.15) is 0 Å². The summed E-state index contributed by atoms with van der Waals surface area (Å²) in [5.41, 5.74) is 2.13. The minimum Gasteiger partial charge on any atom is -0.399 e. The fraction of sp³-hybridized carbons (Fsp3) is 0.0667. The lowest BCUT2D eigenvalue weighted by atomic mass is 10.2. The van der Waals surface area contributed by atoms with Crippen LogP contribution < -0.4 is 0 Å². The maximum Gasteiger partial charge on any atom is 0.124 e. The van der Waals surface area contributed by atoms with Crippen molar-refractivity contribution in [1.29, 1.82) is 0 Å². The molecule has 0 fully saturated rings. The third kappa shape index (κ3) is 3.93. The van der Waals surface area contributed by atoms with Gasteiger partial charge in [-0.1, -0.05) is 23.1 Å². The zero-order chi connectivity index (χ0) is 13.5. The first-order valence-electron chi connectivity index (χ1n) is 5.57. The third-order valence-electron chi connectivity index (χ3n) is 2.24. The van der Waals surface area contributed by atoms with Crippen LogP contribution in [0.3, 0.4) is 0 Å². The van der Waals surface area contributed by atoms with Crippen molar-refractivity contribution in [3.63, 3.8) is 0 Å². The number of rotatable bonds is 2. The topological polar surface area (TPSA) is 34.5 Å². The highest BCUT2D eigenvalue weighted by Gasteiger charge is 1.93. The lowest BCUT2D eigenvalue weighted by Crippen LogP contribution is -1.87. The Hall–Kier alpha value is -2.67. The molecule has 0 radical (unpaired) electrons. The largest absolute Gasteiger partial charge is 0.399 e. The van der Waals surface area contributed by atoms with Gasteiger partial charge in [0.05, 0.1) is 6.21 Å². The summed E-state index contributed by atoms with van der Waals surface area (Å²) in [5, 5.41) is 3.65. The molecule has 0 bridgehead atoms. The summed E-state index contributed by atoms with van der Waals surface area (Å²) in [4.78, 5) is 8.64. The van der Waals surface area contributed by atoms with E-state index in [4.69, 9.17) is 0 Å². The van der Waals surface area contributed by atoms with Gasteiger partial charge in [-0.25, -0.2) is 4.39 Å². The van der Waals surface area contributed by atoms with Crippen LogP contribution in [0.2, 0.25) is 0 Å². The van der Waals surface area contributed by atoms with Crippen molar-refractivity contribution in [1.82, 2.24) is 4.98 Å². The summed E-state index contributed by atoms with van der Waals surface area (Å²) in [5.74, 6) is 5.50. The molecule has 94 valence electrons. The molecule has 0 aliphatic heterocycles. The van der Waals surface area contributed by atoms with Crippen LogP contribution >= 0.6 is 0 Å². The molecule has 2 rings (SSSR count). The van der Waals surface area contributed by atoms with Gasteiger partial charge < -0.3 is 4.84 Å². The van der Waals surface area contributed by atoms with Crippen LogP contribution in [0, 0.1) is 17.7 Å². The van der Waals surface area contributed by atoms with Crippen LogP contribution in [-0.4, -0.2) is 18.3 Å². The van der Waals surface area contributed by atoms with Crippen molar-refractivity contribution >= 4 is 6.21 Å². The first-order chi connectivity index (χ1) is 9.28. The Morgan fingerprint density at radius 3 is 2.84 bits per heavy atom. The van der Waals surface area contributed by atoms with E-state index in [-0.39, 0.29) is 5.82 Å². The number of nitrogens with zero attached hydrogens (tertiary/aromatic N) is 2. The van der Waals surface area contributed by atoms with Crippen molar-refractivity contribution in [3.8, 4) is 11.8 Å². The molecule has 3 nitrogen and oxygen atoms in total. The Morgan fingerprint density at radius 2 is 2.05 bits per heavy atom. The van der Waals surface area contributed by atoms with Gasteiger partial charge in [0, 0.05) is 29.1 Å². The number of benzene rings is 1. The second-order valence-electron chi connectivity index (χ2n) is 3.68. The molecule has 1 heterocycles. The molecule has 1 aromatic heterocycles. The van der Waals surface area contributed by atoms with Crippen molar-refractivity contribution < 1.29 is 9.23 Å². The van der Waals surface area contributed by atoms with Gasteiger partial charge in [0.15, 0.2) is 0 Å². The Labute approximate surface area is 110 Å². The van der Waals surface area contributed by atoms with E-state index in [1.54, 1.807) is 30.7 Å². The quantitative estimate of drug-likeness (QED) is 0.469. The van der Waals surface area contributed by atoms with E-state index in [1.165, 1.54) is 19.2 Å². The highest BCUT2D eigenvalue weighted by atomic mass is 19.1. The maximum atomic E-state index is 13.0. The number of aromatic nitrogens is 1. The first kappa shape index (κ1) is 12.8. The zero-order valence-corrected chi connectivity index (χ0v) is 10.3. The predicted molar refractivity (Wildman–Crippen MR) is 71.2 cm³/mol. The van der Waals surface area contributed by atoms with Crippen molar-refractivity contribution in [2.24, 2.45) is 5.16 Å². The zero-order valence-electron chi connectivity index (χ0n) is 10.3. The lowest BCUT2D eigenvalue weighted by molar-refractivity contribution is 0.215. The number of oxime groups is 1. The number of hydrogen-bond donors (Lipinski definition) is 0. The summed E-state index contributed by atoms with van der Waals surface area (Å²) in [6.07, 6.45) is 4.83. The fourth-order valence-electron chi connectivity index (χ4n) is 1.42. The van der Waals surface area contributed by atoms with E-state index in [2.05, 4.69) is 26.8 Å². The number of pyridine rings is 1. The summed E-state index contributed by atoms with van der Waals surface area (Å²) in [6.45, 7) is 0. The van der Waals surface area contributed by atoms with Gasteiger partial charge in [-0.05, 0) is 24.3 Å². The molecule has 0 unspecified atom stereocenters. The molecule has 0 spiro atoms. The SMILES string of the molecule is CON=Cc1cncc(C#Cc2cccc(F)c2)c1. The monoisotopic (exact) mass is 254 g/mol. The van der Waals surface area contributed by atoms with Crippen LogP contribution in [0.25, 0.3) is 0 Å². The molecule has 0 aliphatic carbocycles.